The van der Waals surface area contributed by atoms with Crippen molar-refractivity contribution in [3.05, 3.63) is 0 Å². The maximum atomic E-state index is 12.1. The van der Waals surface area contributed by atoms with Crippen molar-refractivity contribution < 1.29 is 4.79 Å². The Morgan fingerprint density at radius 1 is 1.38 bits per heavy atom. The zero-order valence-electron chi connectivity index (χ0n) is 11.5. The van der Waals surface area contributed by atoms with E-state index in [1.165, 1.54) is 25.7 Å². The molecule has 1 saturated carbocycles. The van der Waals surface area contributed by atoms with Crippen LogP contribution in [0.5, 0.6) is 0 Å². The molecule has 0 radical (unpaired) electrons. The van der Waals surface area contributed by atoms with E-state index >= 15 is 0 Å². The smallest absolute Gasteiger partial charge is 0.136 e. The lowest BCUT2D eigenvalue weighted by Gasteiger charge is -2.16. The first kappa shape index (κ1) is 13.7. The molecule has 3 unspecified atom stereocenters. The summed E-state index contributed by atoms with van der Waals surface area (Å²) < 4.78 is 0. The average Bonchev–Trinajstić information content (AvgIpc) is 2.87. The van der Waals surface area contributed by atoms with Crippen molar-refractivity contribution in [3.63, 3.8) is 0 Å². The minimum absolute atomic E-state index is 0.372. The van der Waals surface area contributed by atoms with Gasteiger partial charge in [-0.25, -0.2) is 0 Å². The van der Waals surface area contributed by atoms with Crippen molar-refractivity contribution in [1.29, 1.82) is 0 Å². The highest BCUT2D eigenvalue weighted by molar-refractivity contribution is 5.81. The number of rotatable bonds is 8. The van der Waals surface area contributed by atoms with Crippen LogP contribution in [0, 0.1) is 23.7 Å². The molecule has 0 heterocycles. The van der Waals surface area contributed by atoms with E-state index in [1.807, 2.05) is 0 Å². The van der Waals surface area contributed by atoms with Crippen LogP contribution in [0.25, 0.3) is 0 Å². The largest absolute Gasteiger partial charge is 0.299 e. The standard InChI is InChI=1S/C15H28O/c1-5-6-7-13(10-14-9-12(14)4)15(16)8-11(2)3/h11-14H,5-10H2,1-4H3. The third-order valence-electron chi connectivity index (χ3n) is 3.83. The second-order valence-electron chi connectivity index (χ2n) is 6.11. The molecule has 0 aromatic rings. The summed E-state index contributed by atoms with van der Waals surface area (Å²) in [5.41, 5.74) is 0. The van der Waals surface area contributed by atoms with Crippen LogP contribution >= 0.6 is 0 Å². The maximum Gasteiger partial charge on any atom is 0.136 e. The van der Waals surface area contributed by atoms with Crippen LogP contribution in [0.4, 0.5) is 0 Å². The Balaban J connectivity index is 2.38. The summed E-state index contributed by atoms with van der Waals surface area (Å²) in [7, 11) is 0. The number of Topliss-reactive ketones (excluding diaryl/α,β-unsaturated/α-hetero) is 1. The average molecular weight is 224 g/mol. The summed E-state index contributed by atoms with van der Waals surface area (Å²) >= 11 is 0. The van der Waals surface area contributed by atoms with Gasteiger partial charge in [0.2, 0.25) is 0 Å². The van der Waals surface area contributed by atoms with Crippen LogP contribution in [0.15, 0.2) is 0 Å². The Morgan fingerprint density at radius 2 is 2.00 bits per heavy atom. The fourth-order valence-electron chi connectivity index (χ4n) is 2.52. The van der Waals surface area contributed by atoms with E-state index < -0.39 is 0 Å². The van der Waals surface area contributed by atoms with Gasteiger partial charge in [-0.3, -0.25) is 4.79 Å². The lowest BCUT2D eigenvalue weighted by molar-refractivity contribution is -0.124. The van der Waals surface area contributed by atoms with E-state index in [-0.39, 0.29) is 0 Å². The highest BCUT2D eigenvalue weighted by atomic mass is 16.1. The summed E-state index contributed by atoms with van der Waals surface area (Å²) in [6, 6.07) is 0. The predicted molar refractivity (Wildman–Crippen MR) is 69.4 cm³/mol. The zero-order valence-corrected chi connectivity index (χ0v) is 11.5. The van der Waals surface area contributed by atoms with Crippen LogP contribution < -0.4 is 0 Å². The molecule has 0 aliphatic heterocycles. The molecule has 1 aliphatic rings. The van der Waals surface area contributed by atoms with Crippen LogP contribution in [0.1, 0.15) is 66.2 Å². The minimum atomic E-state index is 0.372. The van der Waals surface area contributed by atoms with Crippen molar-refractivity contribution in [2.75, 3.05) is 0 Å². The molecule has 1 heteroatoms. The van der Waals surface area contributed by atoms with E-state index in [9.17, 15) is 4.79 Å². The van der Waals surface area contributed by atoms with Crippen molar-refractivity contribution in [1.82, 2.24) is 0 Å². The van der Waals surface area contributed by atoms with Gasteiger partial charge in [0.15, 0.2) is 0 Å². The number of hydrogen-bond acceptors (Lipinski definition) is 1. The van der Waals surface area contributed by atoms with Gasteiger partial charge in [0, 0.05) is 12.3 Å². The molecule has 0 amide bonds. The highest BCUT2D eigenvalue weighted by Gasteiger charge is 2.35. The first-order valence-electron chi connectivity index (χ1n) is 7.07. The van der Waals surface area contributed by atoms with Gasteiger partial charge in [-0.2, -0.15) is 0 Å². The first-order valence-corrected chi connectivity index (χ1v) is 7.07. The molecule has 0 aromatic heterocycles. The highest BCUT2D eigenvalue weighted by Crippen LogP contribution is 2.43. The topological polar surface area (TPSA) is 17.1 Å². The van der Waals surface area contributed by atoms with Gasteiger partial charge in [0.1, 0.15) is 5.78 Å². The Morgan fingerprint density at radius 3 is 2.44 bits per heavy atom. The van der Waals surface area contributed by atoms with Crippen LogP contribution in [0.2, 0.25) is 0 Å². The van der Waals surface area contributed by atoms with Crippen molar-refractivity contribution >= 4 is 5.78 Å². The second kappa shape index (κ2) is 6.42. The minimum Gasteiger partial charge on any atom is -0.299 e. The third kappa shape index (κ3) is 4.67. The van der Waals surface area contributed by atoms with E-state index in [2.05, 4.69) is 27.7 Å². The van der Waals surface area contributed by atoms with Gasteiger partial charge in [0.25, 0.3) is 0 Å². The summed E-state index contributed by atoms with van der Waals surface area (Å²) in [5.74, 6) is 3.17. The quantitative estimate of drug-likeness (QED) is 0.595. The Kier molecular flexibility index (Phi) is 5.51. The number of hydrogen-bond donors (Lipinski definition) is 0. The molecule has 1 fully saturated rings. The van der Waals surface area contributed by atoms with E-state index in [0.29, 0.717) is 17.6 Å². The van der Waals surface area contributed by atoms with Crippen molar-refractivity contribution in [2.24, 2.45) is 23.7 Å². The third-order valence-corrected chi connectivity index (χ3v) is 3.83. The van der Waals surface area contributed by atoms with Gasteiger partial charge in [-0.15, -0.1) is 0 Å². The molecular formula is C15H28O. The molecule has 0 aromatic carbocycles. The van der Waals surface area contributed by atoms with Gasteiger partial charge >= 0.3 is 0 Å². The van der Waals surface area contributed by atoms with Crippen molar-refractivity contribution in [2.45, 2.75) is 66.2 Å². The van der Waals surface area contributed by atoms with Gasteiger partial charge in [-0.05, 0) is 37.0 Å². The SMILES string of the molecule is CCCCC(CC1CC1C)C(=O)CC(C)C. The molecule has 3 atom stereocenters. The lowest BCUT2D eigenvalue weighted by atomic mass is 9.87. The molecule has 1 rings (SSSR count). The van der Waals surface area contributed by atoms with Gasteiger partial charge in [0.05, 0.1) is 0 Å². The molecular weight excluding hydrogens is 196 g/mol. The first-order chi connectivity index (χ1) is 7.54. The van der Waals surface area contributed by atoms with Crippen molar-refractivity contribution in [3.8, 4) is 0 Å². The van der Waals surface area contributed by atoms with Crippen LogP contribution in [0.3, 0.4) is 0 Å². The molecule has 0 bridgehead atoms. The number of ketones is 1. The normalized spacial score (nSPS) is 25.8. The number of carbonyl (C=O) groups excluding carboxylic acids is 1. The second-order valence-corrected chi connectivity index (χ2v) is 6.11. The number of unbranched alkanes of at least 4 members (excludes halogenated alkanes) is 1. The molecule has 16 heavy (non-hydrogen) atoms. The van der Waals surface area contributed by atoms with Gasteiger partial charge in [-0.1, -0.05) is 40.5 Å². The van der Waals surface area contributed by atoms with Crippen LogP contribution in [-0.2, 0) is 4.79 Å². The Labute approximate surface area is 101 Å². The maximum absolute atomic E-state index is 12.1. The van der Waals surface area contributed by atoms with E-state index in [0.717, 1.165) is 24.7 Å². The monoisotopic (exact) mass is 224 g/mol. The molecule has 1 nitrogen and oxygen atoms in total. The van der Waals surface area contributed by atoms with Gasteiger partial charge < -0.3 is 0 Å². The zero-order chi connectivity index (χ0) is 12.1. The van der Waals surface area contributed by atoms with E-state index in [4.69, 9.17) is 0 Å². The predicted octanol–water partition coefficient (Wildman–Crippen LogP) is 4.45. The van der Waals surface area contributed by atoms with Crippen LogP contribution in [-0.4, -0.2) is 5.78 Å². The molecule has 1 aliphatic carbocycles. The summed E-state index contributed by atoms with van der Waals surface area (Å²) in [6.07, 6.45) is 6.88. The number of carbonyl (C=O) groups is 1. The fourth-order valence-corrected chi connectivity index (χ4v) is 2.52. The molecule has 94 valence electrons. The Hall–Kier alpha value is -0.330. The lowest BCUT2D eigenvalue weighted by Crippen LogP contribution is -2.17. The summed E-state index contributed by atoms with van der Waals surface area (Å²) in [5, 5.41) is 0. The summed E-state index contributed by atoms with van der Waals surface area (Å²) in [6.45, 7) is 8.82. The fraction of sp³-hybridized carbons (Fsp3) is 0.933. The molecule has 0 spiro atoms. The Bertz CT molecular complexity index is 219. The molecule has 0 saturated heterocycles. The summed E-state index contributed by atoms with van der Waals surface area (Å²) in [4.78, 5) is 12.1. The molecule has 0 N–H and O–H groups in total. The van der Waals surface area contributed by atoms with E-state index in [1.54, 1.807) is 0 Å².